The maximum absolute atomic E-state index is 15.4. The van der Waals surface area contributed by atoms with E-state index >= 15 is 8.78 Å². The summed E-state index contributed by atoms with van der Waals surface area (Å²) < 4.78 is 61.3. The van der Waals surface area contributed by atoms with E-state index in [1.54, 1.807) is 32.3 Å². The van der Waals surface area contributed by atoms with Crippen LogP contribution in [0.15, 0.2) is 51.9 Å². The molecule has 6 nitrogen and oxygen atoms in total. The van der Waals surface area contributed by atoms with E-state index < -0.39 is 28.7 Å². The minimum absolute atomic E-state index is 0.00164. The van der Waals surface area contributed by atoms with E-state index in [1.807, 2.05) is 0 Å². The zero-order valence-corrected chi connectivity index (χ0v) is 21.9. The van der Waals surface area contributed by atoms with E-state index in [0.29, 0.717) is 11.1 Å². The van der Waals surface area contributed by atoms with Crippen LogP contribution in [0.25, 0.3) is 22.0 Å². The van der Waals surface area contributed by atoms with Gasteiger partial charge in [-0.1, -0.05) is 12.1 Å². The van der Waals surface area contributed by atoms with Gasteiger partial charge in [-0.05, 0) is 60.5 Å². The molecule has 0 aliphatic heterocycles. The van der Waals surface area contributed by atoms with Gasteiger partial charge in [0.05, 0.1) is 10.0 Å². The Morgan fingerprint density at radius 2 is 1.81 bits per heavy atom. The third kappa shape index (κ3) is 4.85. The van der Waals surface area contributed by atoms with Gasteiger partial charge in [0.2, 0.25) is 5.56 Å². The molecule has 2 heterocycles. The van der Waals surface area contributed by atoms with Gasteiger partial charge < -0.3 is 15.0 Å². The fraction of sp³-hybridized carbons (Fsp3) is 0.269. The lowest BCUT2D eigenvalue weighted by molar-refractivity contribution is -0.170. The molecular weight excluding hydrogens is 556 g/mol. The number of aliphatic hydroxyl groups is 1. The van der Waals surface area contributed by atoms with Crippen molar-refractivity contribution >= 4 is 32.7 Å². The number of fused-ring (bicyclic) bond motifs is 1. The highest BCUT2D eigenvalue weighted by molar-refractivity contribution is 9.10. The molecule has 0 saturated carbocycles. The minimum Gasteiger partial charge on any atom is -0.384 e. The first-order valence-corrected chi connectivity index (χ1v) is 12.0. The Kier molecular flexibility index (Phi) is 6.89. The molecule has 11 heteroatoms. The van der Waals surface area contributed by atoms with Crippen molar-refractivity contribution in [2.45, 2.75) is 38.8 Å². The first-order chi connectivity index (χ1) is 17.2. The number of nitrogens with one attached hydrogen (secondary N) is 1. The second-order valence-corrected chi connectivity index (χ2v) is 9.99. The molecule has 0 spiro atoms. The van der Waals surface area contributed by atoms with Crippen LogP contribution in [0.1, 0.15) is 30.8 Å². The number of hydrogen-bond donors (Lipinski definition) is 2. The van der Waals surface area contributed by atoms with E-state index in [1.165, 1.54) is 22.8 Å². The number of halogens is 5. The highest BCUT2D eigenvalue weighted by Gasteiger charge is 2.49. The van der Waals surface area contributed by atoms with Gasteiger partial charge >= 0.3 is 5.92 Å². The number of nitrogens with zero attached hydrogens (tertiary/aromatic N) is 3. The molecule has 0 aliphatic carbocycles. The van der Waals surface area contributed by atoms with Gasteiger partial charge in [-0.3, -0.25) is 4.79 Å². The van der Waals surface area contributed by atoms with Crippen LogP contribution in [0.3, 0.4) is 0 Å². The molecule has 0 atom stereocenters. The number of pyridine rings is 1. The summed E-state index contributed by atoms with van der Waals surface area (Å²) in [7, 11) is 1.57. The third-order valence-corrected chi connectivity index (χ3v) is 6.79. The molecule has 0 fully saturated rings. The van der Waals surface area contributed by atoms with Crippen LogP contribution in [0.5, 0.6) is 0 Å². The van der Waals surface area contributed by atoms with Crippen LogP contribution in [-0.2, 0) is 19.5 Å². The lowest BCUT2D eigenvalue weighted by Gasteiger charge is -2.30. The maximum Gasteiger partial charge on any atom is 0.303 e. The van der Waals surface area contributed by atoms with E-state index in [0.717, 1.165) is 19.9 Å². The summed E-state index contributed by atoms with van der Waals surface area (Å²) in [6.07, 6.45) is 1.56. The molecule has 2 N–H and O–H groups in total. The van der Waals surface area contributed by atoms with Gasteiger partial charge in [0.25, 0.3) is 0 Å². The van der Waals surface area contributed by atoms with E-state index in [4.69, 9.17) is 0 Å². The molecule has 2 aromatic heterocycles. The second kappa shape index (κ2) is 9.53. The number of aryl methyl sites for hydroxylation is 2. The summed E-state index contributed by atoms with van der Waals surface area (Å²) in [6.45, 7) is 3.12. The molecule has 0 bridgehead atoms. The van der Waals surface area contributed by atoms with Crippen molar-refractivity contribution in [1.82, 2.24) is 14.5 Å². The average molecular weight is 579 g/mol. The highest BCUT2D eigenvalue weighted by Crippen LogP contribution is 2.41. The quantitative estimate of drug-likeness (QED) is 0.282. The molecule has 37 heavy (non-hydrogen) atoms. The van der Waals surface area contributed by atoms with Gasteiger partial charge in [-0.25, -0.2) is 18.7 Å². The molecule has 2 aromatic carbocycles. The van der Waals surface area contributed by atoms with Crippen LogP contribution < -0.4 is 10.9 Å². The smallest absolute Gasteiger partial charge is 0.303 e. The first kappa shape index (κ1) is 26.7. The van der Waals surface area contributed by atoms with Crippen LogP contribution >= 0.6 is 15.9 Å². The van der Waals surface area contributed by atoms with Gasteiger partial charge in [0.15, 0.2) is 5.82 Å². The molecule has 0 amide bonds. The SMILES string of the molecule is Cc1nc(NCc2cccc(C(F)(F)C(C)(C)O)c2F)c2cc(-c3ccc(=O)n(C)c3)c(Br)c(F)c2n1. The lowest BCUT2D eigenvalue weighted by atomic mass is 9.92. The Morgan fingerprint density at radius 1 is 1.11 bits per heavy atom. The zero-order chi connectivity index (χ0) is 27.3. The number of aromatic nitrogens is 3. The maximum atomic E-state index is 15.4. The molecule has 4 aromatic rings. The van der Waals surface area contributed by atoms with Crippen LogP contribution in [0, 0.1) is 18.6 Å². The Morgan fingerprint density at radius 3 is 2.46 bits per heavy atom. The van der Waals surface area contributed by atoms with Crippen molar-refractivity contribution in [3.63, 3.8) is 0 Å². The van der Waals surface area contributed by atoms with Crippen molar-refractivity contribution in [1.29, 1.82) is 0 Å². The van der Waals surface area contributed by atoms with Crippen LogP contribution in [-0.4, -0.2) is 25.2 Å². The molecule has 0 unspecified atom stereocenters. The van der Waals surface area contributed by atoms with Gasteiger partial charge in [0.1, 0.15) is 28.6 Å². The summed E-state index contributed by atoms with van der Waals surface area (Å²) in [4.78, 5) is 20.3. The van der Waals surface area contributed by atoms with Gasteiger partial charge in [0, 0.05) is 42.4 Å². The van der Waals surface area contributed by atoms with Crippen molar-refractivity contribution in [2.75, 3.05) is 5.32 Å². The Labute approximate surface area is 218 Å². The molecular formula is C26H23BrF4N4O2. The number of hydrogen-bond acceptors (Lipinski definition) is 5. The molecule has 0 aliphatic rings. The molecule has 0 radical (unpaired) electrons. The molecule has 194 valence electrons. The van der Waals surface area contributed by atoms with E-state index in [2.05, 4.69) is 31.2 Å². The fourth-order valence-corrected chi connectivity index (χ4v) is 4.41. The van der Waals surface area contributed by atoms with Crippen LogP contribution in [0.2, 0.25) is 0 Å². The second-order valence-electron chi connectivity index (χ2n) is 9.20. The molecule has 0 saturated heterocycles. The Balaban J connectivity index is 1.79. The summed E-state index contributed by atoms with van der Waals surface area (Å²) >= 11 is 3.27. The zero-order valence-electron chi connectivity index (χ0n) is 20.3. The third-order valence-electron chi connectivity index (χ3n) is 6.01. The monoisotopic (exact) mass is 578 g/mol. The summed E-state index contributed by atoms with van der Waals surface area (Å²) in [5, 5.41) is 13.0. The Bertz CT molecular complexity index is 1580. The highest BCUT2D eigenvalue weighted by atomic mass is 79.9. The first-order valence-electron chi connectivity index (χ1n) is 11.2. The van der Waals surface area contributed by atoms with Crippen molar-refractivity contribution < 1.29 is 22.7 Å². The number of anilines is 1. The fourth-order valence-electron chi connectivity index (χ4n) is 3.88. The van der Waals surface area contributed by atoms with Gasteiger partial charge in [-0.15, -0.1) is 0 Å². The largest absolute Gasteiger partial charge is 0.384 e. The number of benzene rings is 2. The summed E-state index contributed by atoms with van der Waals surface area (Å²) in [5.41, 5.74) is -2.78. The summed E-state index contributed by atoms with van der Waals surface area (Å²) in [6, 6.07) is 8.06. The number of rotatable bonds is 6. The predicted octanol–water partition coefficient (Wildman–Crippen LogP) is 5.82. The van der Waals surface area contributed by atoms with Crippen molar-refractivity contribution in [2.24, 2.45) is 7.05 Å². The topological polar surface area (TPSA) is 80.0 Å². The molecule has 4 rings (SSSR count). The van der Waals surface area contributed by atoms with E-state index in [9.17, 15) is 18.7 Å². The summed E-state index contributed by atoms with van der Waals surface area (Å²) in [5.74, 6) is -5.27. The minimum atomic E-state index is -3.84. The van der Waals surface area contributed by atoms with E-state index in [-0.39, 0.29) is 44.7 Å². The standard InChI is InChI=1S/C26H23BrF4N4O2/c1-13-33-23-17(10-16(20(27)22(23)29)15-8-9-19(36)35(4)12-15)24(34-13)32-11-14-6-5-7-18(21(14)28)26(30,31)25(2,3)37/h5-10,12,37H,11H2,1-4H3,(H,32,33,34). The van der Waals surface area contributed by atoms with Gasteiger partial charge in [-0.2, -0.15) is 8.78 Å². The predicted molar refractivity (Wildman–Crippen MR) is 137 cm³/mol. The van der Waals surface area contributed by atoms with Crippen molar-refractivity contribution in [3.05, 3.63) is 86.0 Å². The number of alkyl halides is 2. The lowest BCUT2D eigenvalue weighted by Crippen LogP contribution is -2.41. The van der Waals surface area contributed by atoms with Crippen LogP contribution in [0.4, 0.5) is 23.4 Å². The average Bonchev–Trinajstić information content (AvgIpc) is 2.82. The Hall–Kier alpha value is -3.31. The van der Waals surface area contributed by atoms with Crippen molar-refractivity contribution in [3.8, 4) is 11.1 Å². The normalized spacial score (nSPS) is 12.3.